The molecule has 2 N–H and O–H groups in total. The number of benzene rings is 1. The summed E-state index contributed by atoms with van der Waals surface area (Å²) in [5.74, 6) is -0.509. The Morgan fingerprint density at radius 1 is 1.15 bits per heavy atom. The highest BCUT2D eigenvalue weighted by molar-refractivity contribution is 5.60. The lowest BCUT2D eigenvalue weighted by Gasteiger charge is -2.20. The van der Waals surface area contributed by atoms with E-state index in [9.17, 15) is 13.9 Å². The number of hydrogen-bond donors (Lipinski definition) is 2. The predicted octanol–water partition coefficient (Wildman–Crippen LogP) is 3.92. The molecule has 0 saturated carbocycles. The number of hydrogen-bond acceptors (Lipinski definition) is 4. The third-order valence-corrected chi connectivity index (χ3v) is 4.14. The van der Waals surface area contributed by atoms with Crippen LogP contribution in [0.2, 0.25) is 0 Å². The molecule has 0 bridgehead atoms. The highest BCUT2D eigenvalue weighted by Crippen LogP contribution is 2.25. The molecule has 26 heavy (non-hydrogen) atoms. The van der Waals surface area contributed by atoms with Gasteiger partial charge in [0, 0.05) is 18.2 Å². The van der Waals surface area contributed by atoms with Crippen LogP contribution in [0.15, 0.2) is 30.3 Å². The van der Waals surface area contributed by atoms with E-state index >= 15 is 0 Å². The summed E-state index contributed by atoms with van der Waals surface area (Å²) in [5, 5.41) is 12.5. The molecule has 6 heteroatoms. The van der Waals surface area contributed by atoms with Gasteiger partial charge in [-0.05, 0) is 42.7 Å². The minimum Gasteiger partial charge on any atom is -0.491 e. The summed E-state index contributed by atoms with van der Waals surface area (Å²) in [6.45, 7) is 6.48. The van der Waals surface area contributed by atoms with Crippen molar-refractivity contribution < 1.29 is 18.6 Å². The maximum absolute atomic E-state index is 14.2. The Bertz CT molecular complexity index is 723. The van der Waals surface area contributed by atoms with Crippen LogP contribution in [0.1, 0.15) is 32.9 Å². The van der Waals surface area contributed by atoms with E-state index in [1.165, 1.54) is 18.2 Å². The van der Waals surface area contributed by atoms with Gasteiger partial charge in [-0.2, -0.15) is 0 Å². The van der Waals surface area contributed by atoms with Crippen molar-refractivity contribution in [1.82, 2.24) is 10.3 Å². The maximum atomic E-state index is 14.2. The summed E-state index contributed by atoms with van der Waals surface area (Å²) in [7, 11) is 0. The Kier molecular flexibility index (Phi) is 7.48. The van der Waals surface area contributed by atoms with Crippen LogP contribution in [0.5, 0.6) is 5.75 Å². The van der Waals surface area contributed by atoms with Crippen LogP contribution in [-0.2, 0) is 6.54 Å². The molecule has 0 fully saturated rings. The molecule has 4 nitrogen and oxygen atoms in total. The van der Waals surface area contributed by atoms with Gasteiger partial charge in [-0.25, -0.2) is 13.8 Å². The summed E-state index contributed by atoms with van der Waals surface area (Å²) < 4.78 is 33.6. The molecule has 0 radical (unpaired) electrons. The van der Waals surface area contributed by atoms with Crippen LogP contribution in [0.25, 0.3) is 11.3 Å². The van der Waals surface area contributed by atoms with Gasteiger partial charge in [0.1, 0.15) is 5.82 Å². The van der Waals surface area contributed by atoms with Crippen molar-refractivity contribution in [3.05, 3.63) is 47.7 Å². The quantitative estimate of drug-likeness (QED) is 0.708. The lowest BCUT2D eigenvalue weighted by Crippen LogP contribution is -2.36. The van der Waals surface area contributed by atoms with E-state index in [0.29, 0.717) is 17.9 Å². The highest BCUT2D eigenvalue weighted by atomic mass is 19.1. The summed E-state index contributed by atoms with van der Waals surface area (Å²) in [6.07, 6.45) is 0.794. The third kappa shape index (κ3) is 5.22. The van der Waals surface area contributed by atoms with Crippen molar-refractivity contribution >= 4 is 0 Å². The molecule has 0 saturated heterocycles. The highest BCUT2D eigenvalue weighted by Gasteiger charge is 2.14. The second kappa shape index (κ2) is 9.59. The molecule has 1 heterocycles. The van der Waals surface area contributed by atoms with Gasteiger partial charge in [-0.3, -0.25) is 0 Å². The van der Waals surface area contributed by atoms with Crippen molar-refractivity contribution in [2.45, 2.75) is 39.8 Å². The average molecular weight is 364 g/mol. The number of pyridine rings is 1. The van der Waals surface area contributed by atoms with Crippen LogP contribution < -0.4 is 10.1 Å². The van der Waals surface area contributed by atoms with E-state index in [2.05, 4.69) is 10.3 Å². The van der Waals surface area contributed by atoms with E-state index in [-0.39, 0.29) is 36.6 Å². The Morgan fingerprint density at radius 3 is 2.54 bits per heavy atom. The first kappa shape index (κ1) is 20.3. The maximum Gasteiger partial charge on any atom is 0.165 e. The zero-order valence-electron chi connectivity index (χ0n) is 15.4. The number of halogens is 2. The van der Waals surface area contributed by atoms with Gasteiger partial charge in [0.15, 0.2) is 11.6 Å². The van der Waals surface area contributed by atoms with Crippen molar-refractivity contribution in [1.29, 1.82) is 0 Å². The second-order valence-electron chi connectivity index (χ2n) is 6.53. The number of aliphatic hydroxyl groups excluding tert-OH is 1. The van der Waals surface area contributed by atoms with Crippen LogP contribution in [0, 0.1) is 17.6 Å². The molecule has 2 rings (SSSR count). The van der Waals surface area contributed by atoms with Gasteiger partial charge in [0.25, 0.3) is 0 Å². The normalized spacial score (nSPS) is 12.4. The molecule has 0 aliphatic rings. The van der Waals surface area contributed by atoms with E-state index < -0.39 is 11.6 Å². The topological polar surface area (TPSA) is 54.4 Å². The lowest BCUT2D eigenvalue weighted by molar-refractivity contribution is 0.209. The molecule has 142 valence electrons. The fourth-order valence-electron chi connectivity index (χ4n) is 2.50. The van der Waals surface area contributed by atoms with E-state index in [1.807, 2.05) is 20.8 Å². The van der Waals surface area contributed by atoms with Gasteiger partial charge in [0.2, 0.25) is 0 Å². The minimum atomic E-state index is -0.470. The standard InChI is InChI=1S/C20H26F2N2O2/c1-4-9-26-20-8-5-14(10-16(20)22)17-7-6-15(21)18(24-17)11-23-19(12-25)13(2)3/h5-8,10,13,19,23,25H,4,9,11-12H2,1-3H3/t19-/m0/s1. The van der Waals surface area contributed by atoms with Gasteiger partial charge >= 0.3 is 0 Å². The Balaban J connectivity index is 2.19. The molecule has 2 aromatic rings. The van der Waals surface area contributed by atoms with Gasteiger partial charge < -0.3 is 15.2 Å². The van der Waals surface area contributed by atoms with Crippen molar-refractivity contribution in [3.8, 4) is 17.0 Å². The van der Waals surface area contributed by atoms with Crippen LogP contribution in [-0.4, -0.2) is 29.3 Å². The summed E-state index contributed by atoms with van der Waals surface area (Å²) >= 11 is 0. The number of aromatic nitrogens is 1. The molecular formula is C20H26F2N2O2. The van der Waals surface area contributed by atoms with Crippen LogP contribution in [0.4, 0.5) is 8.78 Å². The molecule has 0 amide bonds. The molecule has 1 aromatic carbocycles. The van der Waals surface area contributed by atoms with Gasteiger partial charge in [-0.1, -0.05) is 20.8 Å². The van der Waals surface area contributed by atoms with Gasteiger partial charge in [-0.15, -0.1) is 0 Å². The number of aliphatic hydroxyl groups is 1. The fourth-order valence-corrected chi connectivity index (χ4v) is 2.50. The predicted molar refractivity (Wildman–Crippen MR) is 97.9 cm³/mol. The van der Waals surface area contributed by atoms with Gasteiger partial charge in [0.05, 0.1) is 24.6 Å². The largest absolute Gasteiger partial charge is 0.491 e. The number of nitrogens with zero attached hydrogens (tertiary/aromatic N) is 1. The summed E-state index contributed by atoms with van der Waals surface area (Å²) in [5.41, 5.74) is 1.26. The number of ether oxygens (including phenoxy) is 1. The molecule has 1 aromatic heterocycles. The first-order valence-electron chi connectivity index (χ1n) is 8.88. The van der Waals surface area contributed by atoms with Crippen molar-refractivity contribution in [3.63, 3.8) is 0 Å². The summed E-state index contributed by atoms with van der Waals surface area (Å²) in [4.78, 5) is 4.31. The van der Waals surface area contributed by atoms with Crippen molar-refractivity contribution in [2.75, 3.05) is 13.2 Å². The Labute approximate surface area is 153 Å². The monoisotopic (exact) mass is 364 g/mol. The average Bonchev–Trinajstić information content (AvgIpc) is 2.62. The van der Waals surface area contributed by atoms with E-state index in [4.69, 9.17) is 4.74 Å². The SMILES string of the molecule is CCCOc1ccc(-c2ccc(F)c(CN[C@@H](CO)C(C)C)n2)cc1F. The minimum absolute atomic E-state index is 0.0383. The Morgan fingerprint density at radius 2 is 1.92 bits per heavy atom. The first-order chi connectivity index (χ1) is 12.5. The molecule has 0 aliphatic heterocycles. The smallest absolute Gasteiger partial charge is 0.165 e. The number of rotatable bonds is 9. The molecule has 0 aliphatic carbocycles. The summed E-state index contributed by atoms with van der Waals surface area (Å²) in [6, 6.07) is 7.30. The van der Waals surface area contributed by atoms with Crippen molar-refractivity contribution in [2.24, 2.45) is 5.92 Å². The first-order valence-corrected chi connectivity index (χ1v) is 8.88. The Hall–Kier alpha value is -2.05. The third-order valence-electron chi connectivity index (χ3n) is 4.14. The molecular weight excluding hydrogens is 338 g/mol. The molecule has 0 spiro atoms. The zero-order chi connectivity index (χ0) is 19.1. The molecule has 0 unspecified atom stereocenters. The van der Waals surface area contributed by atoms with Crippen LogP contribution >= 0.6 is 0 Å². The molecule has 1 atom stereocenters. The second-order valence-corrected chi connectivity index (χ2v) is 6.53. The fraction of sp³-hybridized carbons (Fsp3) is 0.450. The van der Waals surface area contributed by atoms with E-state index in [1.54, 1.807) is 12.1 Å². The number of nitrogens with one attached hydrogen (secondary N) is 1. The van der Waals surface area contributed by atoms with E-state index in [0.717, 1.165) is 6.42 Å². The lowest BCUT2D eigenvalue weighted by atomic mass is 10.1. The zero-order valence-corrected chi connectivity index (χ0v) is 15.4. The van der Waals surface area contributed by atoms with Crippen LogP contribution in [0.3, 0.4) is 0 Å².